The molecule has 0 saturated heterocycles. The highest BCUT2D eigenvalue weighted by Gasteiger charge is 2.05. The van der Waals surface area contributed by atoms with Crippen LogP contribution in [-0.4, -0.2) is 0 Å². The number of hydrogen-bond donors (Lipinski definition) is 2. The Morgan fingerprint density at radius 1 is 1.05 bits per heavy atom. The second-order valence-electron chi connectivity index (χ2n) is 4.63. The summed E-state index contributed by atoms with van der Waals surface area (Å²) in [7, 11) is 0. The van der Waals surface area contributed by atoms with E-state index in [1.165, 1.54) is 12.1 Å². The number of benzene rings is 2. The van der Waals surface area contributed by atoms with Crippen molar-refractivity contribution >= 4 is 11.4 Å². The maximum atomic E-state index is 13.5. The van der Waals surface area contributed by atoms with Crippen molar-refractivity contribution in [3.63, 3.8) is 0 Å². The van der Waals surface area contributed by atoms with Crippen LogP contribution in [0.1, 0.15) is 16.7 Å². The van der Waals surface area contributed by atoms with Crippen LogP contribution in [0.5, 0.6) is 0 Å². The van der Waals surface area contributed by atoms with Crippen molar-refractivity contribution in [2.75, 3.05) is 11.1 Å². The molecule has 0 unspecified atom stereocenters. The van der Waals surface area contributed by atoms with Crippen molar-refractivity contribution in [3.05, 3.63) is 58.7 Å². The standard InChI is InChI=1S/C15H16F2N2/c1-9-5-11(6-10(2)15(9)17)8-19-14-4-3-12(16)7-13(14)18/h3-7,19H,8,18H2,1-2H3. The molecule has 2 rings (SSSR count). The van der Waals surface area contributed by atoms with Gasteiger partial charge in [0.05, 0.1) is 11.4 Å². The fourth-order valence-corrected chi connectivity index (χ4v) is 2.03. The molecule has 0 heterocycles. The van der Waals surface area contributed by atoms with E-state index in [4.69, 9.17) is 5.73 Å². The van der Waals surface area contributed by atoms with Crippen molar-refractivity contribution in [3.8, 4) is 0 Å². The van der Waals surface area contributed by atoms with Crippen molar-refractivity contribution in [2.24, 2.45) is 0 Å². The van der Waals surface area contributed by atoms with Crippen LogP contribution in [0, 0.1) is 25.5 Å². The molecule has 19 heavy (non-hydrogen) atoms. The predicted molar refractivity (Wildman–Crippen MR) is 74.0 cm³/mol. The zero-order valence-corrected chi connectivity index (χ0v) is 10.9. The highest BCUT2D eigenvalue weighted by Crippen LogP contribution is 2.21. The van der Waals surface area contributed by atoms with Gasteiger partial charge >= 0.3 is 0 Å². The van der Waals surface area contributed by atoms with Gasteiger partial charge in [-0.15, -0.1) is 0 Å². The monoisotopic (exact) mass is 262 g/mol. The molecule has 0 aliphatic heterocycles. The first kappa shape index (κ1) is 13.3. The molecule has 0 bridgehead atoms. The summed E-state index contributed by atoms with van der Waals surface area (Å²) in [6.07, 6.45) is 0. The molecular formula is C15H16F2N2. The van der Waals surface area contributed by atoms with Gasteiger partial charge in [-0.25, -0.2) is 8.78 Å². The molecule has 3 N–H and O–H groups in total. The molecular weight excluding hydrogens is 246 g/mol. The van der Waals surface area contributed by atoms with Crippen LogP contribution in [0.3, 0.4) is 0 Å². The molecule has 0 saturated carbocycles. The Morgan fingerprint density at radius 3 is 2.26 bits per heavy atom. The Labute approximate surface area is 111 Å². The number of anilines is 2. The second-order valence-corrected chi connectivity index (χ2v) is 4.63. The first-order valence-corrected chi connectivity index (χ1v) is 6.02. The molecule has 0 atom stereocenters. The van der Waals surface area contributed by atoms with Crippen molar-refractivity contribution < 1.29 is 8.78 Å². The number of nitrogens with one attached hydrogen (secondary N) is 1. The van der Waals surface area contributed by atoms with E-state index in [1.807, 2.05) is 0 Å². The topological polar surface area (TPSA) is 38.0 Å². The summed E-state index contributed by atoms with van der Waals surface area (Å²) in [6.45, 7) is 3.98. The third-order valence-corrected chi connectivity index (χ3v) is 2.99. The van der Waals surface area contributed by atoms with E-state index in [0.717, 1.165) is 5.56 Å². The lowest BCUT2D eigenvalue weighted by molar-refractivity contribution is 0.608. The fraction of sp³-hybridized carbons (Fsp3) is 0.200. The van der Waals surface area contributed by atoms with Gasteiger partial charge < -0.3 is 11.1 Å². The Hall–Kier alpha value is -2.10. The van der Waals surface area contributed by atoms with Gasteiger partial charge in [0.25, 0.3) is 0 Å². The molecule has 2 nitrogen and oxygen atoms in total. The third-order valence-electron chi connectivity index (χ3n) is 2.99. The maximum Gasteiger partial charge on any atom is 0.129 e. The van der Waals surface area contributed by atoms with Crippen LogP contribution in [-0.2, 0) is 6.54 Å². The maximum absolute atomic E-state index is 13.5. The van der Waals surface area contributed by atoms with Gasteiger partial charge in [-0.3, -0.25) is 0 Å². The lowest BCUT2D eigenvalue weighted by Crippen LogP contribution is -2.04. The van der Waals surface area contributed by atoms with E-state index in [2.05, 4.69) is 5.32 Å². The van der Waals surface area contributed by atoms with E-state index in [9.17, 15) is 8.78 Å². The van der Waals surface area contributed by atoms with Gasteiger partial charge in [-0.1, -0.05) is 12.1 Å². The second kappa shape index (κ2) is 5.26. The molecule has 0 amide bonds. The number of nitrogen functional groups attached to an aromatic ring is 1. The zero-order valence-electron chi connectivity index (χ0n) is 10.9. The summed E-state index contributed by atoms with van der Waals surface area (Å²) in [5.74, 6) is -0.540. The van der Waals surface area contributed by atoms with Crippen molar-refractivity contribution in [2.45, 2.75) is 20.4 Å². The average Bonchev–Trinajstić information content (AvgIpc) is 2.34. The van der Waals surface area contributed by atoms with Gasteiger partial charge in [-0.05, 0) is 48.7 Å². The van der Waals surface area contributed by atoms with Crippen LogP contribution >= 0.6 is 0 Å². The van der Waals surface area contributed by atoms with E-state index < -0.39 is 0 Å². The Morgan fingerprint density at radius 2 is 1.68 bits per heavy atom. The lowest BCUT2D eigenvalue weighted by atomic mass is 10.1. The molecule has 0 spiro atoms. The fourth-order valence-electron chi connectivity index (χ4n) is 2.03. The van der Waals surface area contributed by atoms with E-state index in [0.29, 0.717) is 29.0 Å². The molecule has 0 aromatic heterocycles. The normalized spacial score (nSPS) is 10.5. The highest BCUT2D eigenvalue weighted by molar-refractivity contribution is 5.65. The number of halogens is 2. The minimum Gasteiger partial charge on any atom is -0.397 e. The summed E-state index contributed by atoms with van der Waals surface area (Å²) in [4.78, 5) is 0. The van der Waals surface area contributed by atoms with Crippen molar-refractivity contribution in [1.29, 1.82) is 0 Å². The van der Waals surface area contributed by atoms with Crippen LogP contribution in [0.2, 0.25) is 0 Å². The Bertz CT molecular complexity index is 586. The average molecular weight is 262 g/mol. The molecule has 2 aromatic carbocycles. The first-order chi connectivity index (χ1) is 8.97. The summed E-state index contributed by atoms with van der Waals surface area (Å²) in [6, 6.07) is 7.78. The summed E-state index contributed by atoms with van der Waals surface area (Å²) in [5, 5.41) is 3.12. The molecule has 100 valence electrons. The smallest absolute Gasteiger partial charge is 0.129 e. The third kappa shape index (κ3) is 3.02. The minimum atomic E-state index is -0.364. The Balaban J connectivity index is 2.14. The van der Waals surface area contributed by atoms with Crippen LogP contribution in [0.15, 0.2) is 30.3 Å². The molecule has 0 aliphatic carbocycles. The predicted octanol–water partition coefficient (Wildman–Crippen LogP) is 3.78. The van der Waals surface area contributed by atoms with Crippen LogP contribution < -0.4 is 11.1 Å². The zero-order chi connectivity index (χ0) is 14.0. The van der Waals surface area contributed by atoms with Gasteiger partial charge in [0.15, 0.2) is 0 Å². The summed E-state index contributed by atoms with van der Waals surface area (Å²) in [5.41, 5.74) is 8.92. The van der Waals surface area contributed by atoms with Gasteiger partial charge in [0, 0.05) is 6.54 Å². The van der Waals surface area contributed by atoms with Gasteiger partial charge in [0.1, 0.15) is 11.6 Å². The van der Waals surface area contributed by atoms with Gasteiger partial charge in [-0.2, -0.15) is 0 Å². The number of nitrogens with two attached hydrogens (primary N) is 1. The largest absolute Gasteiger partial charge is 0.397 e. The first-order valence-electron chi connectivity index (χ1n) is 6.02. The highest BCUT2D eigenvalue weighted by atomic mass is 19.1. The summed E-state index contributed by atoms with van der Waals surface area (Å²) >= 11 is 0. The van der Waals surface area contributed by atoms with E-state index in [-0.39, 0.29) is 11.6 Å². The SMILES string of the molecule is Cc1cc(CNc2ccc(F)cc2N)cc(C)c1F. The van der Waals surface area contributed by atoms with Crippen LogP contribution in [0.25, 0.3) is 0 Å². The lowest BCUT2D eigenvalue weighted by Gasteiger charge is -2.11. The van der Waals surface area contributed by atoms with Crippen molar-refractivity contribution in [1.82, 2.24) is 0 Å². The van der Waals surface area contributed by atoms with E-state index in [1.54, 1.807) is 32.0 Å². The Kier molecular flexibility index (Phi) is 3.69. The molecule has 0 aliphatic rings. The summed E-state index contributed by atoms with van der Waals surface area (Å²) < 4.78 is 26.4. The minimum absolute atomic E-state index is 0.176. The number of hydrogen-bond acceptors (Lipinski definition) is 2. The molecule has 2 aromatic rings. The number of aryl methyl sites for hydroxylation is 2. The number of rotatable bonds is 3. The van der Waals surface area contributed by atoms with Crippen LogP contribution in [0.4, 0.5) is 20.2 Å². The van der Waals surface area contributed by atoms with Gasteiger partial charge in [0.2, 0.25) is 0 Å². The van der Waals surface area contributed by atoms with E-state index >= 15 is 0 Å². The molecule has 4 heteroatoms. The quantitative estimate of drug-likeness (QED) is 0.826. The molecule has 0 radical (unpaired) electrons. The molecule has 0 fully saturated rings.